The van der Waals surface area contributed by atoms with Gasteiger partial charge in [-0.2, -0.15) is 5.10 Å². The zero-order chi connectivity index (χ0) is 20.6. The van der Waals surface area contributed by atoms with Gasteiger partial charge in [-0.15, -0.1) is 11.8 Å². The highest BCUT2D eigenvalue weighted by Gasteiger charge is 2.51. The molecule has 2 rings (SSSR count). The first-order chi connectivity index (χ1) is 12.3. The normalized spacial score (nSPS) is 21.6. The number of rotatable bonds is 3. The van der Waals surface area contributed by atoms with Crippen molar-refractivity contribution in [2.75, 3.05) is 12.4 Å². The van der Waals surface area contributed by atoms with Gasteiger partial charge in [0, 0.05) is 5.75 Å². The number of alkyl halides is 3. The molecule has 27 heavy (non-hydrogen) atoms. The third-order valence-electron chi connectivity index (χ3n) is 3.24. The number of hydrogen-bond acceptors (Lipinski definition) is 7. The number of nitrogens with zero attached hydrogens (tertiary/aromatic N) is 2. The molecular formula is C15H18Cl3N3O5S. The number of hydrogen-bond donors (Lipinski definition) is 1. The molecule has 1 fully saturated rings. The lowest BCUT2D eigenvalue weighted by molar-refractivity contribution is -0.144. The van der Waals surface area contributed by atoms with Crippen molar-refractivity contribution in [2.24, 2.45) is 5.10 Å². The number of carbonyl (C=O) groups is 3. The van der Waals surface area contributed by atoms with Crippen molar-refractivity contribution in [1.82, 2.24) is 10.3 Å². The van der Waals surface area contributed by atoms with Gasteiger partial charge in [0.15, 0.2) is 5.71 Å². The van der Waals surface area contributed by atoms with Gasteiger partial charge in [-0.25, -0.2) is 15.0 Å². The van der Waals surface area contributed by atoms with E-state index in [0.29, 0.717) is 11.3 Å². The summed E-state index contributed by atoms with van der Waals surface area (Å²) in [6.45, 7) is 6.37. The molecule has 1 atom stereocenters. The summed E-state index contributed by atoms with van der Waals surface area (Å²) < 4.78 is 8.28. The van der Waals surface area contributed by atoms with Gasteiger partial charge in [0.2, 0.25) is 3.79 Å². The minimum absolute atomic E-state index is 0.0919. The second kappa shape index (κ2) is 8.06. The number of halogens is 3. The van der Waals surface area contributed by atoms with Gasteiger partial charge in [-0.1, -0.05) is 34.8 Å². The van der Waals surface area contributed by atoms with E-state index in [2.05, 4.69) is 10.5 Å². The minimum Gasteiger partial charge on any atom is -0.456 e. The zero-order valence-electron chi connectivity index (χ0n) is 15.0. The molecule has 0 aromatic rings. The minimum atomic E-state index is -1.75. The third-order valence-corrected chi connectivity index (χ3v) is 4.91. The molecule has 0 bridgehead atoms. The average molecular weight is 459 g/mol. The van der Waals surface area contributed by atoms with E-state index in [-0.39, 0.29) is 11.4 Å². The van der Waals surface area contributed by atoms with E-state index >= 15 is 0 Å². The summed E-state index contributed by atoms with van der Waals surface area (Å²) in [5.41, 5.74) is 2.34. The molecule has 0 aromatic carbocycles. The first-order valence-corrected chi connectivity index (χ1v) is 9.94. The number of ether oxygens (including phenoxy) is 2. The summed E-state index contributed by atoms with van der Waals surface area (Å²) in [4.78, 5) is 37.7. The summed E-state index contributed by atoms with van der Waals surface area (Å²) in [6, 6.07) is 0. The van der Waals surface area contributed by atoms with Crippen molar-refractivity contribution in [3.63, 3.8) is 0 Å². The van der Waals surface area contributed by atoms with Gasteiger partial charge >= 0.3 is 12.1 Å². The van der Waals surface area contributed by atoms with Crippen molar-refractivity contribution in [3.8, 4) is 0 Å². The van der Waals surface area contributed by atoms with Crippen LogP contribution in [0, 0.1) is 0 Å². The van der Waals surface area contributed by atoms with Gasteiger partial charge in [0.1, 0.15) is 23.3 Å². The van der Waals surface area contributed by atoms with E-state index in [1.165, 1.54) is 16.7 Å². The van der Waals surface area contributed by atoms with Gasteiger partial charge in [0.05, 0.1) is 0 Å². The summed E-state index contributed by atoms with van der Waals surface area (Å²) in [6.07, 6.45) is -0.781. The zero-order valence-corrected chi connectivity index (χ0v) is 18.1. The van der Waals surface area contributed by atoms with Crippen LogP contribution in [0.5, 0.6) is 0 Å². The number of carbonyl (C=O) groups excluding carboxylic acids is 3. The van der Waals surface area contributed by atoms with E-state index in [0.717, 1.165) is 0 Å². The highest BCUT2D eigenvalue weighted by molar-refractivity contribution is 8.01. The van der Waals surface area contributed by atoms with Gasteiger partial charge < -0.3 is 9.47 Å². The summed E-state index contributed by atoms with van der Waals surface area (Å²) in [7, 11) is 0. The Kier molecular flexibility index (Phi) is 6.61. The van der Waals surface area contributed by atoms with Crippen molar-refractivity contribution in [1.29, 1.82) is 0 Å². The Balaban J connectivity index is 2.08. The molecule has 1 saturated heterocycles. The largest absolute Gasteiger partial charge is 0.456 e. The van der Waals surface area contributed by atoms with E-state index in [4.69, 9.17) is 44.3 Å². The van der Waals surface area contributed by atoms with Crippen molar-refractivity contribution >= 4 is 70.2 Å². The van der Waals surface area contributed by atoms with E-state index in [9.17, 15) is 14.4 Å². The Morgan fingerprint density at radius 1 is 1.33 bits per heavy atom. The van der Waals surface area contributed by atoms with Crippen LogP contribution in [0.3, 0.4) is 0 Å². The van der Waals surface area contributed by atoms with Crippen LogP contribution in [0.2, 0.25) is 0 Å². The Morgan fingerprint density at radius 2 is 1.96 bits per heavy atom. The maximum atomic E-state index is 12.4. The second-order valence-electron chi connectivity index (χ2n) is 6.77. The molecule has 1 N–H and O–H groups in total. The molecule has 0 aliphatic carbocycles. The van der Waals surface area contributed by atoms with E-state index < -0.39 is 39.3 Å². The fourth-order valence-electron chi connectivity index (χ4n) is 2.24. The molecule has 2 heterocycles. The molecule has 0 unspecified atom stereocenters. The first-order valence-electron chi connectivity index (χ1n) is 7.75. The number of hydrazone groups is 1. The summed E-state index contributed by atoms with van der Waals surface area (Å²) >= 11 is 18.1. The smallest absolute Gasteiger partial charge is 0.428 e. The molecule has 0 aromatic heterocycles. The van der Waals surface area contributed by atoms with Crippen molar-refractivity contribution < 1.29 is 23.9 Å². The van der Waals surface area contributed by atoms with Gasteiger partial charge in [-0.05, 0) is 33.3 Å². The average Bonchev–Trinajstić information content (AvgIpc) is 2.50. The van der Waals surface area contributed by atoms with Crippen LogP contribution >= 0.6 is 46.6 Å². The standard InChI is InChI=1S/C15H18Cl3N3O5S/c1-7-5-27-11-8(19-20-13(24)26-14(2,3)4)10(22)21(11)9(7)12(23)25-6-15(16,17)18/h11H,5-6H2,1-4H3,(H,20,24)/b19-8-/t11-/m1/s1. The maximum absolute atomic E-state index is 12.4. The number of β-lactam (4-membered cyclic amide) rings is 1. The fourth-order valence-corrected chi connectivity index (χ4v) is 3.61. The Labute approximate surface area is 175 Å². The number of nitrogens with one attached hydrogen (secondary N) is 1. The van der Waals surface area contributed by atoms with Crippen molar-refractivity contribution in [3.05, 3.63) is 11.3 Å². The van der Waals surface area contributed by atoms with E-state index in [1.807, 2.05) is 0 Å². The lowest BCUT2D eigenvalue weighted by Gasteiger charge is -2.44. The van der Waals surface area contributed by atoms with Gasteiger partial charge in [0.25, 0.3) is 5.91 Å². The number of amides is 2. The quantitative estimate of drug-likeness (QED) is 0.302. The fraction of sp³-hybridized carbons (Fsp3) is 0.600. The topological polar surface area (TPSA) is 97.3 Å². The van der Waals surface area contributed by atoms with Crippen LogP contribution in [-0.2, 0) is 19.1 Å². The van der Waals surface area contributed by atoms with Crippen LogP contribution in [0.4, 0.5) is 4.79 Å². The highest BCUT2D eigenvalue weighted by atomic mass is 35.6. The molecule has 150 valence electrons. The Hall–Kier alpha value is -1.16. The van der Waals surface area contributed by atoms with Gasteiger partial charge in [-0.3, -0.25) is 9.69 Å². The molecule has 0 spiro atoms. The highest BCUT2D eigenvalue weighted by Crippen LogP contribution is 2.39. The lowest BCUT2D eigenvalue weighted by atomic mass is 10.1. The maximum Gasteiger partial charge on any atom is 0.428 e. The molecule has 2 aliphatic rings. The molecule has 0 radical (unpaired) electrons. The number of fused-ring (bicyclic) bond motifs is 1. The molecule has 2 amide bonds. The van der Waals surface area contributed by atoms with Crippen LogP contribution in [-0.4, -0.2) is 55.7 Å². The molecule has 2 aliphatic heterocycles. The van der Waals surface area contributed by atoms with E-state index in [1.54, 1.807) is 27.7 Å². The first kappa shape index (κ1) is 22.1. The van der Waals surface area contributed by atoms with Crippen LogP contribution < -0.4 is 5.43 Å². The predicted molar refractivity (Wildman–Crippen MR) is 104 cm³/mol. The molecule has 8 nitrogen and oxygen atoms in total. The molecule has 0 saturated carbocycles. The summed E-state index contributed by atoms with van der Waals surface area (Å²) in [5, 5.41) is 3.30. The molecule has 12 heteroatoms. The summed E-state index contributed by atoms with van der Waals surface area (Å²) in [5.74, 6) is -0.821. The van der Waals surface area contributed by atoms with Crippen molar-refractivity contribution in [2.45, 2.75) is 42.5 Å². The third kappa shape index (κ3) is 5.66. The Bertz CT molecular complexity index is 727. The van der Waals surface area contributed by atoms with Crippen LogP contribution in [0.1, 0.15) is 27.7 Å². The number of thioether (sulfide) groups is 1. The predicted octanol–water partition coefficient (Wildman–Crippen LogP) is 2.97. The lowest BCUT2D eigenvalue weighted by Crippen LogP contribution is -2.62. The molecular weight excluding hydrogens is 441 g/mol. The monoisotopic (exact) mass is 457 g/mol. The SMILES string of the molecule is CC1=C(C(=O)OCC(Cl)(Cl)Cl)N2C(=O)/C(=N/NC(=O)OC(C)(C)C)[C@H]2SC1. The van der Waals surface area contributed by atoms with Crippen LogP contribution in [0.15, 0.2) is 16.4 Å². The Morgan fingerprint density at radius 3 is 2.52 bits per heavy atom. The number of esters is 1. The second-order valence-corrected chi connectivity index (χ2v) is 10.4. The van der Waals surface area contributed by atoms with Crippen LogP contribution in [0.25, 0.3) is 0 Å².